The van der Waals surface area contributed by atoms with Gasteiger partial charge in [-0.05, 0) is 48.8 Å². The average Bonchev–Trinajstić information content (AvgIpc) is 2.48. The highest BCUT2D eigenvalue weighted by molar-refractivity contribution is 5.83. The topological polar surface area (TPSA) is 30.0 Å². The Morgan fingerprint density at radius 2 is 1.79 bits per heavy atom. The Hall–Kier alpha value is -1.18. The molecule has 102 valence electrons. The molecule has 0 spiro atoms. The maximum atomic E-state index is 12.4. The largest absolute Gasteiger partial charge is 0.299 e. The first-order valence-electron chi connectivity index (χ1n) is 7.74. The quantitative estimate of drug-likeness (QED) is 0.824. The number of Topliss-reactive ketones (excluding diaryl/α,β-unsaturated/α-hetero) is 1. The van der Waals surface area contributed by atoms with Gasteiger partial charge in [0.05, 0.1) is 0 Å². The summed E-state index contributed by atoms with van der Waals surface area (Å²) >= 11 is 0. The SMILES string of the molecule is O=C(Cc1ccncc1)C1CCC2CCCCC2C1. The summed E-state index contributed by atoms with van der Waals surface area (Å²) in [5.74, 6) is 2.55. The molecule has 1 aromatic rings. The van der Waals surface area contributed by atoms with E-state index in [-0.39, 0.29) is 0 Å². The third-order valence-electron chi connectivity index (χ3n) is 5.12. The lowest BCUT2D eigenvalue weighted by Crippen LogP contribution is -2.31. The Labute approximate surface area is 115 Å². The van der Waals surface area contributed by atoms with E-state index in [2.05, 4.69) is 4.98 Å². The molecule has 0 N–H and O–H groups in total. The Balaban J connectivity index is 1.59. The molecule has 2 saturated carbocycles. The minimum Gasteiger partial charge on any atom is -0.299 e. The molecule has 2 aliphatic rings. The van der Waals surface area contributed by atoms with E-state index in [1.165, 1.54) is 32.1 Å². The van der Waals surface area contributed by atoms with E-state index in [1.54, 1.807) is 12.4 Å². The van der Waals surface area contributed by atoms with Crippen molar-refractivity contribution in [2.45, 2.75) is 51.4 Å². The Kier molecular flexibility index (Phi) is 3.95. The molecule has 19 heavy (non-hydrogen) atoms. The van der Waals surface area contributed by atoms with Crippen molar-refractivity contribution in [3.63, 3.8) is 0 Å². The van der Waals surface area contributed by atoms with Gasteiger partial charge in [0.1, 0.15) is 5.78 Å². The van der Waals surface area contributed by atoms with E-state index in [9.17, 15) is 4.79 Å². The van der Waals surface area contributed by atoms with E-state index in [0.717, 1.165) is 30.2 Å². The summed E-state index contributed by atoms with van der Waals surface area (Å²) in [6.45, 7) is 0. The number of hydrogen-bond donors (Lipinski definition) is 0. The number of ketones is 1. The summed E-state index contributed by atoms with van der Waals surface area (Å²) in [7, 11) is 0. The second-order valence-electron chi connectivity index (χ2n) is 6.31. The highest BCUT2D eigenvalue weighted by atomic mass is 16.1. The van der Waals surface area contributed by atoms with Crippen LogP contribution in [0.3, 0.4) is 0 Å². The predicted octanol–water partition coefficient (Wildman–Crippen LogP) is 3.80. The maximum Gasteiger partial charge on any atom is 0.140 e. The van der Waals surface area contributed by atoms with Crippen LogP contribution in [0.25, 0.3) is 0 Å². The molecule has 2 nitrogen and oxygen atoms in total. The summed E-state index contributed by atoms with van der Waals surface area (Å²) in [5.41, 5.74) is 1.12. The second-order valence-corrected chi connectivity index (χ2v) is 6.31. The summed E-state index contributed by atoms with van der Waals surface area (Å²) < 4.78 is 0. The number of carbonyl (C=O) groups is 1. The van der Waals surface area contributed by atoms with Crippen LogP contribution < -0.4 is 0 Å². The number of hydrogen-bond acceptors (Lipinski definition) is 2. The molecule has 0 aromatic carbocycles. The van der Waals surface area contributed by atoms with E-state index in [0.29, 0.717) is 18.1 Å². The number of fused-ring (bicyclic) bond motifs is 1. The van der Waals surface area contributed by atoms with Crippen LogP contribution in [0.5, 0.6) is 0 Å². The van der Waals surface area contributed by atoms with Gasteiger partial charge in [-0.3, -0.25) is 9.78 Å². The van der Waals surface area contributed by atoms with Crippen molar-refractivity contribution < 1.29 is 4.79 Å². The van der Waals surface area contributed by atoms with Gasteiger partial charge in [0, 0.05) is 24.7 Å². The number of nitrogens with zero attached hydrogens (tertiary/aromatic N) is 1. The highest BCUT2D eigenvalue weighted by Gasteiger charge is 2.34. The van der Waals surface area contributed by atoms with Crippen molar-refractivity contribution in [3.05, 3.63) is 30.1 Å². The molecule has 0 bridgehead atoms. The Bertz CT molecular complexity index is 428. The van der Waals surface area contributed by atoms with Crippen LogP contribution in [0.2, 0.25) is 0 Å². The Morgan fingerprint density at radius 3 is 2.58 bits per heavy atom. The monoisotopic (exact) mass is 257 g/mol. The number of carbonyl (C=O) groups excluding carboxylic acids is 1. The molecular formula is C17H23NO. The smallest absolute Gasteiger partial charge is 0.140 e. The zero-order valence-corrected chi connectivity index (χ0v) is 11.6. The first-order chi connectivity index (χ1) is 9.33. The molecule has 0 saturated heterocycles. The van der Waals surface area contributed by atoms with Crippen molar-refractivity contribution in [2.75, 3.05) is 0 Å². The third-order valence-corrected chi connectivity index (χ3v) is 5.12. The van der Waals surface area contributed by atoms with Crippen molar-refractivity contribution in [3.8, 4) is 0 Å². The standard InChI is InChI=1S/C17H23NO/c19-17(11-13-7-9-18-10-8-13)16-6-5-14-3-1-2-4-15(14)12-16/h7-10,14-16H,1-6,11-12H2. The van der Waals surface area contributed by atoms with Gasteiger partial charge in [-0.2, -0.15) is 0 Å². The molecule has 0 aliphatic heterocycles. The van der Waals surface area contributed by atoms with E-state index in [4.69, 9.17) is 0 Å². The Morgan fingerprint density at radius 1 is 1.05 bits per heavy atom. The summed E-state index contributed by atoms with van der Waals surface area (Å²) in [5, 5.41) is 0. The fourth-order valence-electron chi connectivity index (χ4n) is 4.01. The van der Waals surface area contributed by atoms with Gasteiger partial charge in [-0.1, -0.05) is 25.7 Å². The second kappa shape index (κ2) is 5.85. The van der Waals surface area contributed by atoms with Gasteiger partial charge in [0.2, 0.25) is 0 Å². The molecule has 2 heteroatoms. The summed E-state index contributed by atoms with van der Waals surface area (Å²) in [6.07, 6.45) is 13.3. The highest BCUT2D eigenvalue weighted by Crippen LogP contribution is 2.43. The number of pyridine rings is 1. The molecule has 1 heterocycles. The van der Waals surface area contributed by atoms with Gasteiger partial charge in [-0.15, -0.1) is 0 Å². The van der Waals surface area contributed by atoms with Crippen molar-refractivity contribution in [1.29, 1.82) is 0 Å². The van der Waals surface area contributed by atoms with Crippen LogP contribution >= 0.6 is 0 Å². The van der Waals surface area contributed by atoms with Gasteiger partial charge < -0.3 is 0 Å². The number of aromatic nitrogens is 1. The molecular weight excluding hydrogens is 234 g/mol. The van der Waals surface area contributed by atoms with Crippen molar-refractivity contribution in [2.24, 2.45) is 17.8 Å². The average molecular weight is 257 g/mol. The van der Waals surface area contributed by atoms with Crippen LogP contribution in [-0.4, -0.2) is 10.8 Å². The molecule has 2 fully saturated rings. The van der Waals surface area contributed by atoms with Crippen LogP contribution in [0.15, 0.2) is 24.5 Å². The van der Waals surface area contributed by atoms with E-state index >= 15 is 0 Å². The predicted molar refractivity (Wildman–Crippen MR) is 75.7 cm³/mol. The fourth-order valence-corrected chi connectivity index (χ4v) is 4.01. The normalized spacial score (nSPS) is 30.6. The lowest BCUT2D eigenvalue weighted by atomic mass is 9.66. The van der Waals surface area contributed by atoms with Gasteiger partial charge in [0.15, 0.2) is 0 Å². The molecule has 0 amide bonds. The van der Waals surface area contributed by atoms with Crippen LogP contribution in [-0.2, 0) is 11.2 Å². The van der Waals surface area contributed by atoms with Crippen molar-refractivity contribution >= 4 is 5.78 Å². The molecule has 3 rings (SSSR count). The zero-order chi connectivity index (χ0) is 13.1. The lowest BCUT2D eigenvalue weighted by Gasteiger charge is -2.38. The molecule has 0 radical (unpaired) electrons. The number of rotatable bonds is 3. The van der Waals surface area contributed by atoms with Gasteiger partial charge >= 0.3 is 0 Å². The first kappa shape index (κ1) is 12.8. The molecule has 1 aromatic heterocycles. The van der Waals surface area contributed by atoms with Crippen LogP contribution in [0.4, 0.5) is 0 Å². The van der Waals surface area contributed by atoms with Crippen LogP contribution in [0.1, 0.15) is 50.5 Å². The summed E-state index contributed by atoms with van der Waals surface area (Å²) in [6, 6.07) is 3.92. The molecule has 2 aliphatic carbocycles. The minimum absolute atomic E-state index is 0.326. The van der Waals surface area contributed by atoms with Gasteiger partial charge in [0.25, 0.3) is 0 Å². The fraction of sp³-hybridized carbons (Fsp3) is 0.647. The van der Waals surface area contributed by atoms with E-state index < -0.39 is 0 Å². The van der Waals surface area contributed by atoms with Gasteiger partial charge in [-0.25, -0.2) is 0 Å². The van der Waals surface area contributed by atoms with E-state index in [1.807, 2.05) is 12.1 Å². The third kappa shape index (κ3) is 3.05. The summed E-state index contributed by atoms with van der Waals surface area (Å²) in [4.78, 5) is 16.4. The van der Waals surface area contributed by atoms with Crippen molar-refractivity contribution in [1.82, 2.24) is 4.98 Å². The minimum atomic E-state index is 0.326. The zero-order valence-electron chi connectivity index (χ0n) is 11.6. The maximum absolute atomic E-state index is 12.4. The molecule has 3 atom stereocenters. The molecule has 3 unspecified atom stereocenters. The lowest BCUT2D eigenvalue weighted by molar-refractivity contribution is -0.124. The first-order valence-corrected chi connectivity index (χ1v) is 7.74. The van der Waals surface area contributed by atoms with Crippen LogP contribution in [0, 0.1) is 17.8 Å².